The molecule has 0 heterocycles. The first kappa shape index (κ1) is 15.4. The number of halogens is 1. The Hall–Kier alpha value is -2.04. The number of hydrogen-bond donors (Lipinski definition) is 1. The second kappa shape index (κ2) is 7.11. The Morgan fingerprint density at radius 3 is 2.19 bits per heavy atom. The largest absolute Gasteiger partial charge is 0.316 e. The summed E-state index contributed by atoms with van der Waals surface area (Å²) in [5.41, 5.74) is 1.01. The Labute approximate surface area is 132 Å². The minimum Gasteiger partial charge on any atom is -0.316 e. The van der Waals surface area contributed by atoms with Crippen molar-refractivity contribution >= 4 is 40.5 Å². The predicted molar refractivity (Wildman–Crippen MR) is 86.9 cm³/mol. The van der Waals surface area contributed by atoms with Gasteiger partial charge >= 0.3 is 0 Å². The summed E-state index contributed by atoms with van der Waals surface area (Å²) in [7, 11) is 0. The van der Waals surface area contributed by atoms with Gasteiger partial charge in [0.1, 0.15) is 0 Å². The summed E-state index contributed by atoms with van der Waals surface area (Å²) in [5, 5.41) is 3.09. The van der Waals surface area contributed by atoms with E-state index in [-0.39, 0.29) is 23.1 Å². The quantitative estimate of drug-likeness (QED) is 0.691. The van der Waals surface area contributed by atoms with Crippen LogP contribution in [0.3, 0.4) is 0 Å². The van der Waals surface area contributed by atoms with Gasteiger partial charge in [-0.2, -0.15) is 0 Å². The number of nitrogens with one attached hydrogen (secondary N) is 1. The monoisotopic (exact) mass is 317 g/mol. The van der Waals surface area contributed by atoms with Gasteiger partial charge in [0.25, 0.3) is 5.91 Å². The first-order valence-electron chi connectivity index (χ1n) is 6.24. The Balaban J connectivity index is 1.94. The van der Waals surface area contributed by atoms with Gasteiger partial charge < -0.3 is 5.32 Å². The molecule has 0 aliphatic heterocycles. The van der Waals surface area contributed by atoms with E-state index in [9.17, 15) is 9.59 Å². The highest BCUT2D eigenvalue weighted by molar-refractivity contribution is 7.80. The summed E-state index contributed by atoms with van der Waals surface area (Å²) in [6, 6.07) is 15.3. The van der Waals surface area contributed by atoms with E-state index in [1.54, 1.807) is 48.5 Å². The molecule has 3 nitrogen and oxygen atoms in total. The van der Waals surface area contributed by atoms with Crippen LogP contribution in [0.15, 0.2) is 54.6 Å². The van der Waals surface area contributed by atoms with E-state index in [0.29, 0.717) is 16.1 Å². The summed E-state index contributed by atoms with van der Waals surface area (Å²) in [5.74, 6) is -0.477. The maximum atomic E-state index is 12.0. The fourth-order valence-electron chi connectivity index (χ4n) is 1.72. The molecule has 5 heteroatoms. The molecule has 0 fully saturated rings. The van der Waals surface area contributed by atoms with Gasteiger partial charge in [0.15, 0.2) is 5.78 Å². The molecule has 0 saturated heterocycles. The van der Waals surface area contributed by atoms with Crippen molar-refractivity contribution in [3.63, 3.8) is 0 Å². The standard InChI is InChI=1S/C16H12ClNO2S/c17-13-8-6-12(7-9-13)16(20)18-15(21)10-14(19)11-4-2-1-3-5-11/h1-9H,10H2,(H,18,20,21). The van der Waals surface area contributed by atoms with Gasteiger partial charge in [0.2, 0.25) is 0 Å². The van der Waals surface area contributed by atoms with Gasteiger partial charge in [-0.25, -0.2) is 0 Å². The Morgan fingerprint density at radius 2 is 1.57 bits per heavy atom. The molecule has 0 saturated carbocycles. The maximum Gasteiger partial charge on any atom is 0.256 e. The molecule has 2 aromatic rings. The highest BCUT2D eigenvalue weighted by Gasteiger charge is 2.12. The number of benzene rings is 2. The fraction of sp³-hybridized carbons (Fsp3) is 0.0625. The average molecular weight is 318 g/mol. The highest BCUT2D eigenvalue weighted by atomic mass is 35.5. The molecular formula is C16H12ClNO2S. The minimum absolute atomic E-state index is 0.00131. The number of carbonyl (C=O) groups excluding carboxylic acids is 2. The van der Waals surface area contributed by atoms with Crippen LogP contribution in [0.5, 0.6) is 0 Å². The van der Waals surface area contributed by atoms with Crippen molar-refractivity contribution in [2.75, 3.05) is 0 Å². The number of ketones is 1. The second-order valence-electron chi connectivity index (χ2n) is 4.35. The third kappa shape index (κ3) is 4.48. The number of Topliss-reactive ketones (excluding diaryl/α,β-unsaturated/α-hetero) is 1. The predicted octanol–water partition coefficient (Wildman–Crippen LogP) is 3.67. The smallest absolute Gasteiger partial charge is 0.256 e. The molecule has 1 N–H and O–H groups in total. The summed E-state index contributed by atoms with van der Waals surface area (Å²) >= 11 is 10.8. The molecule has 0 aliphatic rings. The van der Waals surface area contributed by atoms with Crippen LogP contribution in [0.4, 0.5) is 0 Å². The van der Waals surface area contributed by atoms with Crippen LogP contribution in [-0.4, -0.2) is 16.7 Å². The van der Waals surface area contributed by atoms with E-state index >= 15 is 0 Å². The third-order valence-corrected chi connectivity index (χ3v) is 3.27. The molecule has 0 aromatic heterocycles. The first-order chi connectivity index (χ1) is 10.1. The van der Waals surface area contributed by atoms with Crippen LogP contribution in [0.2, 0.25) is 5.02 Å². The van der Waals surface area contributed by atoms with Crippen molar-refractivity contribution in [3.8, 4) is 0 Å². The molecule has 21 heavy (non-hydrogen) atoms. The maximum absolute atomic E-state index is 12.0. The van der Waals surface area contributed by atoms with Gasteiger partial charge in [-0.15, -0.1) is 0 Å². The molecule has 0 atom stereocenters. The van der Waals surface area contributed by atoms with Crippen LogP contribution < -0.4 is 5.32 Å². The molecule has 106 valence electrons. The fourth-order valence-corrected chi connectivity index (χ4v) is 2.07. The van der Waals surface area contributed by atoms with E-state index in [1.807, 2.05) is 6.07 Å². The van der Waals surface area contributed by atoms with Crippen molar-refractivity contribution in [2.45, 2.75) is 6.42 Å². The Bertz CT molecular complexity index is 668. The van der Waals surface area contributed by atoms with Crippen molar-refractivity contribution < 1.29 is 9.59 Å². The Morgan fingerprint density at radius 1 is 0.952 bits per heavy atom. The zero-order valence-corrected chi connectivity index (χ0v) is 12.6. The lowest BCUT2D eigenvalue weighted by Gasteiger charge is -2.06. The molecule has 2 rings (SSSR count). The van der Waals surface area contributed by atoms with E-state index in [4.69, 9.17) is 23.8 Å². The number of carbonyl (C=O) groups is 2. The number of rotatable bonds is 4. The minimum atomic E-state index is -0.350. The van der Waals surface area contributed by atoms with Gasteiger partial charge in [0.05, 0.1) is 11.4 Å². The van der Waals surface area contributed by atoms with Crippen LogP contribution in [-0.2, 0) is 0 Å². The van der Waals surface area contributed by atoms with Crippen LogP contribution >= 0.6 is 23.8 Å². The van der Waals surface area contributed by atoms with Gasteiger partial charge in [0, 0.05) is 16.1 Å². The van der Waals surface area contributed by atoms with Crippen LogP contribution in [0, 0.1) is 0 Å². The molecular weight excluding hydrogens is 306 g/mol. The first-order valence-corrected chi connectivity index (χ1v) is 7.03. The van der Waals surface area contributed by atoms with E-state index in [2.05, 4.69) is 5.32 Å². The summed E-state index contributed by atoms with van der Waals surface area (Å²) in [6.07, 6.45) is -0.00131. The molecule has 1 amide bonds. The number of hydrogen-bond acceptors (Lipinski definition) is 3. The lowest BCUT2D eigenvalue weighted by Crippen LogP contribution is -2.30. The van der Waals surface area contributed by atoms with Gasteiger partial charge in [-0.05, 0) is 24.3 Å². The van der Waals surface area contributed by atoms with Crippen LogP contribution in [0.1, 0.15) is 27.1 Å². The molecule has 0 aliphatic carbocycles. The lowest BCUT2D eigenvalue weighted by atomic mass is 10.1. The summed E-state index contributed by atoms with van der Waals surface area (Å²) in [6.45, 7) is 0. The van der Waals surface area contributed by atoms with Gasteiger partial charge in [-0.1, -0.05) is 54.2 Å². The summed E-state index contributed by atoms with van der Waals surface area (Å²) < 4.78 is 0. The van der Waals surface area contributed by atoms with E-state index in [1.165, 1.54) is 0 Å². The summed E-state index contributed by atoms with van der Waals surface area (Å²) in [4.78, 5) is 24.1. The number of thiocarbonyl (C=S) groups is 1. The molecule has 0 spiro atoms. The van der Waals surface area contributed by atoms with Gasteiger partial charge in [-0.3, -0.25) is 9.59 Å². The average Bonchev–Trinajstić information content (AvgIpc) is 2.48. The molecule has 0 bridgehead atoms. The van der Waals surface area contributed by atoms with E-state index in [0.717, 1.165) is 0 Å². The van der Waals surface area contributed by atoms with Crippen molar-refractivity contribution in [3.05, 3.63) is 70.7 Å². The van der Waals surface area contributed by atoms with E-state index < -0.39 is 0 Å². The normalized spacial score (nSPS) is 9.95. The van der Waals surface area contributed by atoms with Crippen molar-refractivity contribution in [2.24, 2.45) is 0 Å². The molecule has 0 radical (unpaired) electrons. The third-order valence-electron chi connectivity index (χ3n) is 2.78. The second-order valence-corrected chi connectivity index (χ2v) is 5.28. The van der Waals surface area contributed by atoms with Crippen molar-refractivity contribution in [1.82, 2.24) is 5.32 Å². The van der Waals surface area contributed by atoms with Crippen molar-refractivity contribution in [1.29, 1.82) is 0 Å². The zero-order chi connectivity index (χ0) is 15.2. The number of amides is 1. The molecule has 2 aromatic carbocycles. The highest BCUT2D eigenvalue weighted by Crippen LogP contribution is 2.09. The molecule has 0 unspecified atom stereocenters. The zero-order valence-electron chi connectivity index (χ0n) is 11.0. The Kier molecular flexibility index (Phi) is 5.20. The lowest BCUT2D eigenvalue weighted by molar-refractivity contribution is 0.0976. The topological polar surface area (TPSA) is 46.2 Å². The van der Waals surface area contributed by atoms with Crippen LogP contribution in [0.25, 0.3) is 0 Å². The SMILES string of the molecule is O=C(CC(=S)NC(=O)c1ccc(Cl)cc1)c1ccccc1.